The van der Waals surface area contributed by atoms with Crippen LogP contribution in [0.1, 0.15) is 17.5 Å². The zero-order valence-corrected chi connectivity index (χ0v) is 15.8. The van der Waals surface area contributed by atoms with E-state index in [0.717, 1.165) is 5.56 Å². The Labute approximate surface area is 157 Å². The Morgan fingerprint density at radius 3 is 2.44 bits per heavy atom. The summed E-state index contributed by atoms with van der Waals surface area (Å²) in [4.78, 5) is 11.9. The predicted molar refractivity (Wildman–Crippen MR) is 97.2 cm³/mol. The molecule has 2 aromatic rings. The van der Waals surface area contributed by atoms with Crippen molar-refractivity contribution in [3.05, 3.63) is 63.6 Å². The zero-order chi connectivity index (χ0) is 18.4. The van der Waals surface area contributed by atoms with Crippen molar-refractivity contribution in [2.24, 2.45) is 0 Å². The number of sulfonamides is 1. The van der Waals surface area contributed by atoms with Gasteiger partial charge in [-0.3, -0.25) is 4.79 Å². The van der Waals surface area contributed by atoms with Crippen LogP contribution in [0.4, 0.5) is 0 Å². The van der Waals surface area contributed by atoms with Crippen LogP contribution in [0.25, 0.3) is 0 Å². The molecule has 0 unspecified atom stereocenters. The van der Waals surface area contributed by atoms with Crippen LogP contribution in [0, 0.1) is 6.92 Å². The van der Waals surface area contributed by atoms with Gasteiger partial charge in [0.05, 0.1) is 11.3 Å². The lowest BCUT2D eigenvalue weighted by Crippen LogP contribution is -2.26. The molecule has 0 spiro atoms. The number of halogens is 2. The van der Waals surface area contributed by atoms with Gasteiger partial charge in [0.1, 0.15) is 6.61 Å². The molecule has 1 N–H and O–H groups in total. The molecule has 0 heterocycles. The number of hydrogen-bond acceptors (Lipinski definition) is 4. The second-order valence-electron chi connectivity index (χ2n) is 5.36. The van der Waals surface area contributed by atoms with Crippen molar-refractivity contribution in [1.82, 2.24) is 4.72 Å². The van der Waals surface area contributed by atoms with E-state index in [0.29, 0.717) is 15.6 Å². The molecule has 134 valence electrons. The largest absolute Gasteiger partial charge is 0.461 e. The molecule has 2 aromatic carbocycles. The molecule has 0 aliphatic carbocycles. The third-order valence-electron chi connectivity index (χ3n) is 3.36. The number of carbonyl (C=O) groups excluding carboxylic acids is 1. The van der Waals surface area contributed by atoms with E-state index in [9.17, 15) is 13.2 Å². The lowest BCUT2D eigenvalue weighted by Gasteiger charge is -2.08. The molecular formula is C17H17Cl2NO4S. The summed E-state index contributed by atoms with van der Waals surface area (Å²) < 4.78 is 31.6. The number of hydrogen-bond donors (Lipinski definition) is 1. The van der Waals surface area contributed by atoms with Crippen LogP contribution in [-0.4, -0.2) is 20.9 Å². The highest BCUT2D eigenvalue weighted by Crippen LogP contribution is 2.21. The summed E-state index contributed by atoms with van der Waals surface area (Å²) in [6.07, 6.45) is -0.0870. The quantitative estimate of drug-likeness (QED) is 0.717. The average Bonchev–Trinajstić information content (AvgIpc) is 2.54. The van der Waals surface area contributed by atoms with Crippen LogP contribution in [0.5, 0.6) is 0 Å². The fourth-order valence-electron chi connectivity index (χ4n) is 1.96. The van der Waals surface area contributed by atoms with Crippen molar-refractivity contribution in [1.29, 1.82) is 0 Å². The Hall–Kier alpha value is -1.60. The molecule has 0 aliphatic heterocycles. The number of ether oxygens (including phenoxy) is 1. The Kier molecular flexibility index (Phi) is 6.84. The molecular weight excluding hydrogens is 385 g/mol. The summed E-state index contributed by atoms with van der Waals surface area (Å²) in [6, 6.07) is 11.3. The zero-order valence-electron chi connectivity index (χ0n) is 13.5. The summed E-state index contributed by atoms with van der Waals surface area (Å²) >= 11 is 11.8. The highest BCUT2D eigenvalue weighted by atomic mass is 35.5. The molecule has 2 rings (SSSR count). The van der Waals surface area contributed by atoms with E-state index in [-0.39, 0.29) is 24.5 Å². The summed E-state index contributed by atoms with van der Waals surface area (Å²) in [6.45, 7) is 1.82. The molecule has 0 fully saturated rings. The fraction of sp³-hybridized carbons (Fsp3) is 0.235. The van der Waals surface area contributed by atoms with Crippen molar-refractivity contribution in [2.75, 3.05) is 6.54 Å². The summed E-state index contributed by atoms with van der Waals surface area (Å²) in [5.41, 5.74) is 1.59. The van der Waals surface area contributed by atoms with E-state index in [1.54, 1.807) is 30.3 Å². The fourth-order valence-corrected chi connectivity index (χ4v) is 3.45. The van der Waals surface area contributed by atoms with E-state index >= 15 is 0 Å². The van der Waals surface area contributed by atoms with Gasteiger partial charge >= 0.3 is 5.97 Å². The Balaban J connectivity index is 1.81. The van der Waals surface area contributed by atoms with Gasteiger partial charge in [-0.15, -0.1) is 0 Å². The minimum atomic E-state index is -3.64. The molecule has 25 heavy (non-hydrogen) atoms. The topological polar surface area (TPSA) is 72.5 Å². The molecule has 0 aliphatic rings. The molecule has 0 aromatic heterocycles. The maximum absolute atomic E-state index is 12.1. The Bertz CT molecular complexity index is 851. The van der Waals surface area contributed by atoms with E-state index in [4.69, 9.17) is 27.9 Å². The number of aryl methyl sites for hydroxylation is 1. The van der Waals surface area contributed by atoms with Crippen molar-refractivity contribution >= 4 is 39.2 Å². The monoisotopic (exact) mass is 401 g/mol. The summed E-state index contributed by atoms with van der Waals surface area (Å²) in [5, 5.41) is 0.894. The van der Waals surface area contributed by atoms with Crippen LogP contribution in [0.3, 0.4) is 0 Å². The van der Waals surface area contributed by atoms with Crippen LogP contribution in [-0.2, 0) is 26.2 Å². The lowest BCUT2D eigenvalue weighted by atomic mass is 10.2. The molecule has 0 radical (unpaired) electrons. The normalized spacial score (nSPS) is 11.3. The van der Waals surface area contributed by atoms with Gasteiger partial charge in [-0.2, -0.15) is 0 Å². The number of rotatable bonds is 7. The van der Waals surface area contributed by atoms with Crippen molar-refractivity contribution in [3.8, 4) is 0 Å². The molecule has 0 saturated heterocycles. The van der Waals surface area contributed by atoms with Crippen LogP contribution < -0.4 is 4.72 Å². The standard InChI is InChI=1S/C17H17Cl2NO4S/c1-12-2-6-15(7-3-12)25(22,23)20-9-8-17(21)24-11-13-4-5-14(18)10-16(13)19/h2-7,10,20H,8-9,11H2,1H3. The molecule has 0 saturated carbocycles. The maximum atomic E-state index is 12.1. The summed E-state index contributed by atoms with van der Waals surface area (Å²) in [7, 11) is -3.64. The first-order valence-electron chi connectivity index (χ1n) is 7.44. The average molecular weight is 402 g/mol. The minimum Gasteiger partial charge on any atom is -0.461 e. The van der Waals surface area contributed by atoms with Crippen LogP contribution >= 0.6 is 23.2 Å². The maximum Gasteiger partial charge on any atom is 0.307 e. The third-order valence-corrected chi connectivity index (χ3v) is 5.42. The molecule has 0 bridgehead atoms. The first-order chi connectivity index (χ1) is 11.8. The predicted octanol–water partition coefficient (Wildman–Crippen LogP) is 3.71. The minimum absolute atomic E-state index is 0.000449. The van der Waals surface area contributed by atoms with Crippen LogP contribution in [0.15, 0.2) is 47.4 Å². The van der Waals surface area contributed by atoms with Gasteiger partial charge in [0, 0.05) is 22.2 Å². The Morgan fingerprint density at radius 2 is 1.80 bits per heavy atom. The van der Waals surface area contributed by atoms with Gasteiger partial charge in [-0.05, 0) is 31.2 Å². The lowest BCUT2D eigenvalue weighted by molar-refractivity contribution is -0.144. The van der Waals surface area contributed by atoms with E-state index in [1.165, 1.54) is 12.1 Å². The highest BCUT2D eigenvalue weighted by molar-refractivity contribution is 7.89. The number of carbonyl (C=O) groups is 1. The van der Waals surface area contributed by atoms with Crippen molar-refractivity contribution in [2.45, 2.75) is 24.8 Å². The van der Waals surface area contributed by atoms with E-state index < -0.39 is 16.0 Å². The second-order valence-corrected chi connectivity index (χ2v) is 7.97. The molecule has 0 atom stereocenters. The number of nitrogens with one attached hydrogen (secondary N) is 1. The van der Waals surface area contributed by atoms with Gasteiger partial charge in [-0.25, -0.2) is 13.1 Å². The SMILES string of the molecule is Cc1ccc(S(=O)(=O)NCCC(=O)OCc2ccc(Cl)cc2Cl)cc1. The second kappa shape index (κ2) is 8.67. The molecule has 0 amide bonds. The van der Waals surface area contributed by atoms with Gasteiger partial charge in [0.2, 0.25) is 10.0 Å². The van der Waals surface area contributed by atoms with Crippen LogP contribution in [0.2, 0.25) is 10.0 Å². The first-order valence-corrected chi connectivity index (χ1v) is 9.68. The van der Waals surface area contributed by atoms with Gasteiger partial charge in [0.25, 0.3) is 0 Å². The van der Waals surface area contributed by atoms with Gasteiger partial charge in [0.15, 0.2) is 0 Å². The van der Waals surface area contributed by atoms with E-state index in [1.807, 2.05) is 6.92 Å². The summed E-state index contributed by atoms with van der Waals surface area (Å²) in [5.74, 6) is -0.530. The van der Waals surface area contributed by atoms with E-state index in [2.05, 4.69) is 4.72 Å². The first kappa shape index (κ1) is 19.7. The Morgan fingerprint density at radius 1 is 1.12 bits per heavy atom. The smallest absolute Gasteiger partial charge is 0.307 e. The van der Waals surface area contributed by atoms with Crippen molar-refractivity contribution in [3.63, 3.8) is 0 Å². The number of benzene rings is 2. The van der Waals surface area contributed by atoms with Gasteiger partial charge < -0.3 is 4.74 Å². The molecule has 8 heteroatoms. The molecule has 5 nitrogen and oxygen atoms in total. The highest BCUT2D eigenvalue weighted by Gasteiger charge is 2.14. The third kappa shape index (κ3) is 6.01. The van der Waals surface area contributed by atoms with Gasteiger partial charge in [-0.1, -0.05) is 47.0 Å². The van der Waals surface area contributed by atoms with Crippen molar-refractivity contribution < 1.29 is 17.9 Å². The number of esters is 1.